The normalized spacial score (nSPS) is 12.0. The van der Waals surface area contributed by atoms with Gasteiger partial charge in [-0.25, -0.2) is 19.3 Å². The van der Waals surface area contributed by atoms with E-state index in [1.54, 1.807) is 19.2 Å². The standard InChI is InChI=1S/C22H20ClFN4O2S2/c1-12-20(32-21(26-12)13(2)29)17-11-31-22(27-17)28-19-6-3-14(10-25-19)7-8-30-18-5-4-15(23)9-16(18)24/h3-6,9-11,13,29H,7-8H2,1-2H3,(H,25,27,28). The summed E-state index contributed by atoms with van der Waals surface area (Å²) in [4.78, 5) is 14.4. The Kier molecular flexibility index (Phi) is 7.00. The lowest BCUT2D eigenvalue weighted by Crippen LogP contribution is -2.03. The van der Waals surface area contributed by atoms with E-state index in [-0.39, 0.29) is 5.75 Å². The fourth-order valence-electron chi connectivity index (χ4n) is 2.90. The van der Waals surface area contributed by atoms with Gasteiger partial charge in [-0.1, -0.05) is 17.7 Å². The zero-order valence-corrected chi connectivity index (χ0v) is 19.7. The maximum Gasteiger partial charge on any atom is 0.188 e. The molecule has 10 heteroatoms. The third-order valence-corrected chi connectivity index (χ3v) is 6.85. The number of nitrogens with zero attached hydrogens (tertiary/aromatic N) is 3. The second-order valence-corrected chi connectivity index (χ2v) is 9.36. The highest BCUT2D eigenvalue weighted by molar-refractivity contribution is 7.17. The smallest absolute Gasteiger partial charge is 0.188 e. The van der Waals surface area contributed by atoms with Gasteiger partial charge in [-0.2, -0.15) is 0 Å². The predicted octanol–water partition coefficient (Wildman–Crippen LogP) is 6.18. The van der Waals surface area contributed by atoms with Crippen molar-refractivity contribution in [3.63, 3.8) is 0 Å². The summed E-state index contributed by atoms with van der Waals surface area (Å²) >= 11 is 8.67. The van der Waals surface area contributed by atoms with Crippen molar-refractivity contribution < 1.29 is 14.2 Å². The number of benzene rings is 1. The van der Waals surface area contributed by atoms with Crippen molar-refractivity contribution in [3.05, 3.63) is 69.0 Å². The molecule has 1 atom stereocenters. The third kappa shape index (κ3) is 5.42. The molecule has 1 aromatic carbocycles. The number of hydrogen-bond donors (Lipinski definition) is 2. The zero-order chi connectivity index (χ0) is 22.7. The molecule has 0 fully saturated rings. The number of pyridine rings is 1. The quantitative estimate of drug-likeness (QED) is 0.307. The number of aromatic nitrogens is 3. The summed E-state index contributed by atoms with van der Waals surface area (Å²) in [6.07, 6.45) is 1.75. The molecule has 0 amide bonds. The number of hydrogen-bond acceptors (Lipinski definition) is 8. The van der Waals surface area contributed by atoms with Gasteiger partial charge >= 0.3 is 0 Å². The van der Waals surface area contributed by atoms with Crippen LogP contribution < -0.4 is 10.1 Å². The second kappa shape index (κ2) is 9.91. The molecule has 0 saturated carbocycles. The summed E-state index contributed by atoms with van der Waals surface area (Å²) in [5.41, 5.74) is 2.64. The largest absolute Gasteiger partial charge is 0.490 e. The average molecular weight is 491 g/mol. The van der Waals surface area contributed by atoms with Gasteiger partial charge in [0.05, 0.1) is 22.9 Å². The molecule has 0 aliphatic rings. The first-order chi connectivity index (χ1) is 15.4. The minimum absolute atomic E-state index is 0.178. The molecular formula is C22H20ClFN4O2S2. The van der Waals surface area contributed by atoms with E-state index in [2.05, 4.69) is 20.3 Å². The summed E-state index contributed by atoms with van der Waals surface area (Å²) in [5, 5.41) is 16.6. The van der Waals surface area contributed by atoms with Crippen LogP contribution in [0.1, 0.15) is 29.3 Å². The number of ether oxygens (including phenoxy) is 1. The highest BCUT2D eigenvalue weighted by atomic mass is 35.5. The van der Waals surface area contributed by atoms with Crippen LogP contribution in [0.5, 0.6) is 5.75 Å². The number of rotatable bonds is 8. The Morgan fingerprint density at radius 3 is 2.78 bits per heavy atom. The van der Waals surface area contributed by atoms with E-state index in [1.807, 2.05) is 24.4 Å². The van der Waals surface area contributed by atoms with Gasteiger partial charge in [-0.3, -0.25) is 0 Å². The number of nitrogens with one attached hydrogen (secondary N) is 1. The molecule has 1 unspecified atom stereocenters. The molecule has 6 nitrogen and oxygen atoms in total. The maximum atomic E-state index is 13.8. The molecule has 0 aliphatic carbocycles. The summed E-state index contributed by atoms with van der Waals surface area (Å²) in [5.74, 6) is 0.371. The highest BCUT2D eigenvalue weighted by Crippen LogP contribution is 2.34. The number of anilines is 2. The first-order valence-electron chi connectivity index (χ1n) is 9.80. The Hall–Kier alpha value is -2.59. The van der Waals surface area contributed by atoms with Crippen LogP contribution in [0, 0.1) is 12.7 Å². The first kappa shape index (κ1) is 22.6. The van der Waals surface area contributed by atoms with Crippen LogP contribution >= 0.6 is 34.3 Å². The van der Waals surface area contributed by atoms with Gasteiger partial charge in [-0.05, 0) is 43.7 Å². The minimum Gasteiger partial charge on any atom is -0.490 e. The molecule has 32 heavy (non-hydrogen) atoms. The predicted molar refractivity (Wildman–Crippen MR) is 127 cm³/mol. The molecule has 166 valence electrons. The van der Waals surface area contributed by atoms with Gasteiger partial charge in [0.2, 0.25) is 0 Å². The Balaban J connectivity index is 1.34. The molecule has 3 heterocycles. The van der Waals surface area contributed by atoms with Crippen molar-refractivity contribution in [2.45, 2.75) is 26.4 Å². The molecule has 0 radical (unpaired) electrons. The summed E-state index contributed by atoms with van der Waals surface area (Å²) in [7, 11) is 0. The van der Waals surface area contributed by atoms with Crippen LogP contribution in [-0.2, 0) is 6.42 Å². The van der Waals surface area contributed by atoms with Crippen LogP contribution in [0.3, 0.4) is 0 Å². The fraction of sp³-hybridized carbons (Fsp3) is 0.227. The van der Waals surface area contributed by atoms with Crippen LogP contribution in [0.2, 0.25) is 5.02 Å². The number of aliphatic hydroxyl groups is 1. The summed E-state index contributed by atoms with van der Waals surface area (Å²) < 4.78 is 19.2. The minimum atomic E-state index is -0.595. The SMILES string of the molecule is Cc1nc(C(C)O)sc1-c1csc(Nc2ccc(CCOc3ccc(Cl)cc3F)cn2)n1. The van der Waals surface area contributed by atoms with E-state index in [0.29, 0.717) is 34.0 Å². The highest BCUT2D eigenvalue weighted by Gasteiger charge is 2.15. The van der Waals surface area contributed by atoms with E-state index < -0.39 is 11.9 Å². The number of halogens is 2. The number of aliphatic hydroxyl groups excluding tert-OH is 1. The lowest BCUT2D eigenvalue weighted by molar-refractivity contribution is 0.198. The van der Waals surface area contributed by atoms with Crippen molar-refractivity contribution in [2.75, 3.05) is 11.9 Å². The number of thiazole rings is 2. The molecule has 0 aliphatic heterocycles. The van der Waals surface area contributed by atoms with E-state index >= 15 is 0 Å². The lowest BCUT2D eigenvalue weighted by Gasteiger charge is -2.08. The van der Waals surface area contributed by atoms with Crippen molar-refractivity contribution >= 4 is 45.2 Å². The molecular weight excluding hydrogens is 471 g/mol. The third-order valence-electron chi connectivity index (χ3n) is 4.51. The van der Waals surface area contributed by atoms with E-state index in [4.69, 9.17) is 16.3 Å². The van der Waals surface area contributed by atoms with Gasteiger partial charge in [0.15, 0.2) is 16.7 Å². The van der Waals surface area contributed by atoms with Gasteiger partial charge in [0, 0.05) is 23.0 Å². The second-order valence-electron chi connectivity index (χ2n) is 7.03. The first-order valence-corrected chi connectivity index (χ1v) is 11.9. The van der Waals surface area contributed by atoms with Gasteiger partial charge in [0.25, 0.3) is 0 Å². The molecule has 4 rings (SSSR count). The number of aryl methyl sites for hydroxylation is 1. The molecule has 0 saturated heterocycles. The van der Waals surface area contributed by atoms with Crippen molar-refractivity contribution in [1.82, 2.24) is 15.0 Å². The van der Waals surface area contributed by atoms with E-state index in [1.165, 1.54) is 34.8 Å². The lowest BCUT2D eigenvalue weighted by atomic mass is 10.2. The van der Waals surface area contributed by atoms with Crippen LogP contribution in [-0.4, -0.2) is 26.7 Å². The Labute approximate surface area is 197 Å². The van der Waals surface area contributed by atoms with Crippen molar-refractivity contribution in [3.8, 4) is 16.3 Å². The molecule has 0 bridgehead atoms. The van der Waals surface area contributed by atoms with Crippen LogP contribution in [0.25, 0.3) is 10.6 Å². The van der Waals surface area contributed by atoms with Gasteiger partial charge < -0.3 is 15.2 Å². The average Bonchev–Trinajstić information content (AvgIpc) is 3.37. The Bertz CT molecular complexity index is 1210. The van der Waals surface area contributed by atoms with Gasteiger partial charge in [-0.15, -0.1) is 22.7 Å². The zero-order valence-electron chi connectivity index (χ0n) is 17.3. The maximum absolute atomic E-state index is 13.8. The van der Waals surface area contributed by atoms with Crippen molar-refractivity contribution in [2.24, 2.45) is 0 Å². The van der Waals surface area contributed by atoms with Crippen LogP contribution in [0.4, 0.5) is 15.3 Å². The Morgan fingerprint density at radius 2 is 2.09 bits per heavy atom. The van der Waals surface area contributed by atoms with E-state index in [9.17, 15) is 9.50 Å². The van der Waals surface area contributed by atoms with E-state index in [0.717, 1.165) is 21.8 Å². The fourth-order valence-corrected chi connectivity index (χ4v) is 4.80. The molecule has 4 aromatic rings. The topological polar surface area (TPSA) is 80.2 Å². The Morgan fingerprint density at radius 1 is 1.25 bits per heavy atom. The molecule has 2 N–H and O–H groups in total. The molecule has 0 spiro atoms. The summed E-state index contributed by atoms with van der Waals surface area (Å²) in [6.45, 7) is 3.94. The van der Waals surface area contributed by atoms with Crippen LogP contribution in [0.15, 0.2) is 41.9 Å². The van der Waals surface area contributed by atoms with Crippen molar-refractivity contribution in [1.29, 1.82) is 0 Å². The monoisotopic (exact) mass is 490 g/mol. The molecule has 3 aromatic heterocycles. The summed E-state index contributed by atoms with van der Waals surface area (Å²) in [6, 6.07) is 8.14. The van der Waals surface area contributed by atoms with Gasteiger partial charge in [0.1, 0.15) is 16.9 Å².